The second kappa shape index (κ2) is 5.32. The highest BCUT2D eigenvalue weighted by Crippen LogP contribution is 2.13. The van der Waals surface area contributed by atoms with Gasteiger partial charge in [0.05, 0.1) is 0 Å². The van der Waals surface area contributed by atoms with Gasteiger partial charge in [0.2, 0.25) is 0 Å². The van der Waals surface area contributed by atoms with Gasteiger partial charge in [0, 0.05) is 52.5 Å². The SMILES string of the molecule is CN(C)c1ccc(CN2CCNCC2)cc1. The van der Waals surface area contributed by atoms with Crippen LogP contribution in [-0.2, 0) is 6.54 Å². The monoisotopic (exact) mass is 219 g/mol. The summed E-state index contributed by atoms with van der Waals surface area (Å²) in [6.07, 6.45) is 0. The van der Waals surface area contributed by atoms with E-state index in [9.17, 15) is 0 Å². The van der Waals surface area contributed by atoms with E-state index >= 15 is 0 Å². The summed E-state index contributed by atoms with van der Waals surface area (Å²) in [4.78, 5) is 4.63. The number of nitrogens with one attached hydrogen (secondary N) is 1. The lowest BCUT2D eigenvalue weighted by Crippen LogP contribution is -2.42. The first-order chi connectivity index (χ1) is 7.75. The molecule has 1 aliphatic heterocycles. The van der Waals surface area contributed by atoms with Crippen LogP contribution in [0.4, 0.5) is 5.69 Å². The second-order valence-electron chi connectivity index (χ2n) is 4.59. The largest absolute Gasteiger partial charge is 0.378 e. The van der Waals surface area contributed by atoms with Gasteiger partial charge in [-0.2, -0.15) is 0 Å². The average Bonchev–Trinajstić information content (AvgIpc) is 2.31. The number of rotatable bonds is 3. The van der Waals surface area contributed by atoms with E-state index < -0.39 is 0 Å². The molecule has 0 radical (unpaired) electrons. The highest BCUT2D eigenvalue weighted by atomic mass is 15.2. The summed E-state index contributed by atoms with van der Waals surface area (Å²) in [6, 6.07) is 8.85. The summed E-state index contributed by atoms with van der Waals surface area (Å²) < 4.78 is 0. The molecule has 3 nitrogen and oxygen atoms in total. The van der Waals surface area contributed by atoms with Crippen LogP contribution in [0.2, 0.25) is 0 Å². The van der Waals surface area contributed by atoms with Gasteiger partial charge in [0.25, 0.3) is 0 Å². The van der Waals surface area contributed by atoms with Crippen LogP contribution in [0, 0.1) is 0 Å². The van der Waals surface area contributed by atoms with Gasteiger partial charge >= 0.3 is 0 Å². The molecule has 1 fully saturated rings. The van der Waals surface area contributed by atoms with Crippen molar-refractivity contribution in [2.24, 2.45) is 0 Å². The molecule has 0 amide bonds. The minimum atomic E-state index is 1.08. The number of hydrogen-bond donors (Lipinski definition) is 1. The van der Waals surface area contributed by atoms with Gasteiger partial charge in [0.15, 0.2) is 0 Å². The number of hydrogen-bond acceptors (Lipinski definition) is 3. The topological polar surface area (TPSA) is 18.5 Å². The summed E-state index contributed by atoms with van der Waals surface area (Å²) in [5.74, 6) is 0. The minimum absolute atomic E-state index is 1.08. The predicted molar refractivity (Wildman–Crippen MR) is 68.9 cm³/mol. The van der Waals surface area contributed by atoms with Crippen LogP contribution in [-0.4, -0.2) is 45.2 Å². The molecule has 0 atom stereocenters. The molecular weight excluding hydrogens is 198 g/mol. The molecule has 1 aromatic carbocycles. The number of piperazine rings is 1. The molecule has 1 aliphatic rings. The van der Waals surface area contributed by atoms with Crippen molar-refractivity contribution < 1.29 is 0 Å². The van der Waals surface area contributed by atoms with E-state index in [2.05, 4.69) is 53.5 Å². The molecule has 0 bridgehead atoms. The molecule has 1 aromatic rings. The van der Waals surface area contributed by atoms with Crippen LogP contribution in [0.5, 0.6) is 0 Å². The van der Waals surface area contributed by atoms with Gasteiger partial charge in [-0.1, -0.05) is 12.1 Å². The first-order valence-electron chi connectivity index (χ1n) is 5.95. The van der Waals surface area contributed by atoms with Gasteiger partial charge in [-0.15, -0.1) is 0 Å². The fourth-order valence-corrected chi connectivity index (χ4v) is 2.03. The maximum absolute atomic E-state index is 3.38. The Bertz CT molecular complexity index is 312. The Morgan fingerprint density at radius 2 is 1.75 bits per heavy atom. The fraction of sp³-hybridized carbons (Fsp3) is 0.538. The van der Waals surface area contributed by atoms with E-state index in [4.69, 9.17) is 0 Å². The highest BCUT2D eigenvalue weighted by Gasteiger charge is 2.09. The number of anilines is 1. The van der Waals surface area contributed by atoms with Crippen molar-refractivity contribution in [2.45, 2.75) is 6.54 Å². The molecule has 0 spiro atoms. The molecule has 1 heterocycles. The van der Waals surface area contributed by atoms with Crippen molar-refractivity contribution in [3.05, 3.63) is 29.8 Å². The summed E-state index contributed by atoms with van der Waals surface area (Å²) in [5, 5.41) is 3.38. The fourth-order valence-electron chi connectivity index (χ4n) is 2.03. The van der Waals surface area contributed by atoms with E-state index in [1.54, 1.807) is 0 Å². The van der Waals surface area contributed by atoms with Crippen LogP contribution >= 0.6 is 0 Å². The molecule has 1 N–H and O–H groups in total. The van der Waals surface area contributed by atoms with Gasteiger partial charge < -0.3 is 10.2 Å². The lowest BCUT2D eigenvalue weighted by molar-refractivity contribution is 0.233. The summed E-state index contributed by atoms with van der Waals surface area (Å²) in [7, 11) is 4.15. The second-order valence-corrected chi connectivity index (χ2v) is 4.59. The molecule has 2 rings (SSSR count). The summed E-state index contributed by atoms with van der Waals surface area (Å²) >= 11 is 0. The standard InChI is InChI=1S/C13H21N3/c1-15(2)13-5-3-12(4-6-13)11-16-9-7-14-8-10-16/h3-6,14H,7-11H2,1-2H3. The lowest BCUT2D eigenvalue weighted by atomic mass is 10.2. The molecule has 1 saturated heterocycles. The van der Waals surface area contributed by atoms with Crippen LogP contribution in [0.3, 0.4) is 0 Å². The first kappa shape index (κ1) is 11.4. The van der Waals surface area contributed by atoms with Gasteiger partial charge in [0.1, 0.15) is 0 Å². The van der Waals surface area contributed by atoms with E-state index in [0.717, 1.165) is 32.7 Å². The minimum Gasteiger partial charge on any atom is -0.378 e. The molecule has 0 unspecified atom stereocenters. The van der Waals surface area contributed by atoms with Gasteiger partial charge in [-0.3, -0.25) is 4.90 Å². The van der Waals surface area contributed by atoms with E-state index in [0.29, 0.717) is 0 Å². The van der Waals surface area contributed by atoms with Crippen LogP contribution in [0.15, 0.2) is 24.3 Å². The summed E-state index contributed by atoms with van der Waals surface area (Å²) in [6.45, 7) is 5.64. The average molecular weight is 219 g/mol. The molecule has 3 heteroatoms. The van der Waals surface area contributed by atoms with Crippen LogP contribution in [0.1, 0.15) is 5.56 Å². The maximum Gasteiger partial charge on any atom is 0.0361 e. The Labute approximate surface area is 98.0 Å². The zero-order chi connectivity index (χ0) is 11.4. The number of benzene rings is 1. The van der Waals surface area contributed by atoms with Gasteiger partial charge in [-0.05, 0) is 17.7 Å². The highest BCUT2D eigenvalue weighted by molar-refractivity contribution is 5.45. The lowest BCUT2D eigenvalue weighted by Gasteiger charge is -2.27. The van der Waals surface area contributed by atoms with Crippen molar-refractivity contribution in [1.29, 1.82) is 0 Å². The normalized spacial score (nSPS) is 17.4. The Morgan fingerprint density at radius 1 is 1.12 bits per heavy atom. The molecule has 0 aromatic heterocycles. The van der Waals surface area contributed by atoms with E-state index in [-0.39, 0.29) is 0 Å². The quantitative estimate of drug-likeness (QED) is 0.823. The maximum atomic E-state index is 3.38. The third kappa shape index (κ3) is 2.97. The Hall–Kier alpha value is -1.06. The smallest absolute Gasteiger partial charge is 0.0361 e. The van der Waals surface area contributed by atoms with Gasteiger partial charge in [-0.25, -0.2) is 0 Å². The Kier molecular flexibility index (Phi) is 3.80. The third-order valence-corrected chi connectivity index (χ3v) is 3.07. The molecular formula is C13H21N3. The Balaban J connectivity index is 1.93. The van der Waals surface area contributed by atoms with Crippen molar-refractivity contribution >= 4 is 5.69 Å². The predicted octanol–water partition coefficient (Wildman–Crippen LogP) is 1.16. The van der Waals surface area contributed by atoms with Crippen molar-refractivity contribution in [1.82, 2.24) is 10.2 Å². The van der Waals surface area contributed by atoms with Crippen molar-refractivity contribution in [3.63, 3.8) is 0 Å². The van der Waals surface area contributed by atoms with Crippen molar-refractivity contribution in [3.8, 4) is 0 Å². The molecule has 16 heavy (non-hydrogen) atoms. The summed E-state index contributed by atoms with van der Waals surface area (Å²) in [5.41, 5.74) is 2.68. The van der Waals surface area contributed by atoms with Crippen molar-refractivity contribution in [2.75, 3.05) is 45.2 Å². The van der Waals surface area contributed by atoms with E-state index in [1.807, 2.05) is 0 Å². The molecule has 88 valence electrons. The molecule has 0 saturated carbocycles. The van der Waals surface area contributed by atoms with E-state index in [1.165, 1.54) is 11.3 Å². The first-order valence-corrected chi connectivity index (χ1v) is 5.95. The van der Waals surface area contributed by atoms with Crippen LogP contribution < -0.4 is 10.2 Å². The Morgan fingerprint density at radius 3 is 2.31 bits per heavy atom. The zero-order valence-electron chi connectivity index (χ0n) is 10.2. The zero-order valence-corrected chi connectivity index (χ0v) is 10.2. The van der Waals surface area contributed by atoms with Crippen LogP contribution in [0.25, 0.3) is 0 Å². The number of nitrogens with zero attached hydrogens (tertiary/aromatic N) is 2. The third-order valence-electron chi connectivity index (χ3n) is 3.07. The molecule has 0 aliphatic carbocycles.